The highest BCUT2D eigenvalue weighted by molar-refractivity contribution is 7.38. The van der Waals surface area contributed by atoms with E-state index in [1.807, 2.05) is 6.92 Å². The number of rotatable bonds is 3. The van der Waals surface area contributed by atoms with Crippen molar-refractivity contribution in [3.8, 4) is 0 Å². The van der Waals surface area contributed by atoms with E-state index in [4.69, 9.17) is 0 Å². The summed E-state index contributed by atoms with van der Waals surface area (Å²) in [5.74, 6) is -0.611. The van der Waals surface area contributed by atoms with Gasteiger partial charge >= 0.3 is 5.51 Å². The van der Waals surface area contributed by atoms with Crippen molar-refractivity contribution in [3.63, 3.8) is 0 Å². The van der Waals surface area contributed by atoms with Crippen LogP contribution in [0.3, 0.4) is 0 Å². The molecule has 1 heterocycles. The molecule has 0 aliphatic rings. The molecule has 1 atom stereocenters. The molecule has 0 saturated heterocycles. The van der Waals surface area contributed by atoms with Crippen LogP contribution in [0.5, 0.6) is 0 Å². The zero-order chi connectivity index (χ0) is 13.3. The molecule has 2 rings (SSSR count). The van der Waals surface area contributed by atoms with E-state index in [9.17, 15) is 17.6 Å². The van der Waals surface area contributed by atoms with Crippen LogP contribution in [0, 0.1) is 5.82 Å². The quantitative estimate of drug-likeness (QED) is 0.510. The lowest BCUT2D eigenvalue weighted by atomic mass is 10.2. The Kier molecular flexibility index (Phi) is 3.61. The van der Waals surface area contributed by atoms with E-state index in [0.717, 1.165) is 18.9 Å². The largest absolute Gasteiger partial charge is 0.600 e. The molecule has 1 unspecified atom stereocenters. The van der Waals surface area contributed by atoms with Gasteiger partial charge in [0.1, 0.15) is 5.82 Å². The van der Waals surface area contributed by atoms with Gasteiger partial charge in [-0.15, -0.1) is 13.2 Å². The fourth-order valence-corrected chi connectivity index (χ4v) is 3.99. The molecule has 0 fully saturated rings. The highest BCUT2D eigenvalue weighted by Crippen LogP contribution is 2.51. The molecule has 0 aliphatic heterocycles. The van der Waals surface area contributed by atoms with Crippen LogP contribution in [0.2, 0.25) is 0 Å². The smallest absolute Gasteiger partial charge is 0.207 e. The maximum absolute atomic E-state index is 13.1. The third kappa shape index (κ3) is 2.51. The van der Waals surface area contributed by atoms with Crippen LogP contribution in [0.25, 0.3) is 10.1 Å². The number of halogens is 4. The molecule has 0 spiro atoms. The van der Waals surface area contributed by atoms with Crippen molar-refractivity contribution in [1.82, 2.24) is 0 Å². The molecular formula is C13H13F4S+. The van der Waals surface area contributed by atoms with E-state index in [0.29, 0.717) is 16.7 Å². The lowest BCUT2D eigenvalue weighted by molar-refractivity contribution is -0.0867. The normalized spacial score (nSPS) is 13.3. The summed E-state index contributed by atoms with van der Waals surface area (Å²) >= 11 is 0. The molecule has 2 aromatic rings. The lowest BCUT2D eigenvalue weighted by Gasteiger charge is -1.99. The third-order valence-electron chi connectivity index (χ3n) is 2.78. The number of thiophene rings is 1. The topological polar surface area (TPSA) is 0 Å². The van der Waals surface area contributed by atoms with E-state index >= 15 is 0 Å². The van der Waals surface area contributed by atoms with Crippen LogP contribution in [0.1, 0.15) is 24.6 Å². The van der Waals surface area contributed by atoms with Crippen molar-refractivity contribution >= 4 is 20.6 Å². The summed E-state index contributed by atoms with van der Waals surface area (Å²) in [7, 11) is -1.95. The maximum atomic E-state index is 13.1. The van der Waals surface area contributed by atoms with Crippen LogP contribution in [-0.4, -0.2) is 0 Å². The van der Waals surface area contributed by atoms with Crippen LogP contribution in [-0.2, 0) is 11.9 Å². The number of unbranched alkanes of at least 4 members (excludes halogenated alkanes) is 1. The minimum absolute atomic E-state index is 0.0774. The molecule has 0 radical (unpaired) electrons. The van der Waals surface area contributed by atoms with E-state index in [-0.39, 0.29) is 4.70 Å². The van der Waals surface area contributed by atoms with Crippen LogP contribution in [0.15, 0.2) is 24.3 Å². The Morgan fingerprint density at radius 1 is 1.17 bits per heavy atom. The molecule has 0 N–H and O–H groups in total. The molecule has 0 saturated carbocycles. The second-order valence-corrected chi connectivity index (χ2v) is 6.19. The lowest BCUT2D eigenvalue weighted by Crippen LogP contribution is -1.98. The second-order valence-electron chi connectivity index (χ2n) is 4.15. The van der Waals surface area contributed by atoms with Gasteiger partial charge in [0, 0.05) is 23.9 Å². The van der Waals surface area contributed by atoms with E-state index in [1.54, 1.807) is 6.07 Å². The first-order valence-electron chi connectivity index (χ1n) is 5.74. The zero-order valence-corrected chi connectivity index (χ0v) is 10.7. The average molecular weight is 277 g/mol. The summed E-state index contributed by atoms with van der Waals surface area (Å²) in [6.45, 7) is 1.94. The van der Waals surface area contributed by atoms with Crippen LogP contribution < -0.4 is 0 Å². The molecule has 0 amide bonds. The maximum Gasteiger partial charge on any atom is 0.600 e. The van der Waals surface area contributed by atoms with Crippen molar-refractivity contribution in [2.45, 2.75) is 31.7 Å². The van der Waals surface area contributed by atoms with Crippen LogP contribution >= 0.6 is 10.5 Å². The number of benzene rings is 1. The summed E-state index contributed by atoms with van der Waals surface area (Å²) in [5.41, 5.74) is -4.32. The van der Waals surface area contributed by atoms with Gasteiger partial charge in [0.25, 0.3) is 0 Å². The fraction of sp³-hybridized carbons (Fsp3) is 0.385. The van der Waals surface area contributed by atoms with Gasteiger partial charge in [-0.05, 0) is 18.6 Å². The number of alkyl halides is 3. The molecule has 1 aromatic carbocycles. The van der Waals surface area contributed by atoms with E-state index < -0.39 is 21.8 Å². The van der Waals surface area contributed by atoms with Gasteiger partial charge in [0.2, 0.25) is 0 Å². The summed E-state index contributed by atoms with van der Waals surface area (Å²) in [6, 6.07) is 5.22. The predicted molar refractivity (Wildman–Crippen MR) is 66.3 cm³/mol. The Bertz CT molecular complexity index is 554. The first-order valence-corrected chi connectivity index (χ1v) is 6.97. The number of aryl methyl sites for hydroxylation is 1. The summed E-state index contributed by atoms with van der Waals surface area (Å²) in [4.78, 5) is 0.380. The first-order chi connectivity index (χ1) is 8.43. The van der Waals surface area contributed by atoms with Gasteiger partial charge in [-0.3, -0.25) is 0 Å². The fourth-order valence-electron chi connectivity index (χ4n) is 1.98. The molecule has 18 heavy (non-hydrogen) atoms. The Morgan fingerprint density at radius 3 is 2.50 bits per heavy atom. The van der Waals surface area contributed by atoms with Crippen molar-refractivity contribution in [3.05, 3.63) is 35.0 Å². The molecule has 0 bridgehead atoms. The number of fused-ring (bicyclic) bond motifs is 1. The minimum Gasteiger partial charge on any atom is -0.207 e. The van der Waals surface area contributed by atoms with Crippen molar-refractivity contribution in [2.24, 2.45) is 0 Å². The highest BCUT2D eigenvalue weighted by atomic mass is 32.2. The van der Waals surface area contributed by atoms with Gasteiger partial charge in [-0.25, -0.2) is 4.39 Å². The van der Waals surface area contributed by atoms with Gasteiger partial charge in [-0.1, -0.05) is 13.3 Å². The number of hydrogen-bond acceptors (Lipinski definition) is 0. The zero-order valence-electron chi connectivity index (χ0n) is 9.85. The van der Waals surface area contributed by atoms with Crippen molar-refractivity contribution < 1.29 is 17.6 Å². The third-order valence-corrected chi connectivity index (χ3v) is 4.89. The second kappa shape index (κ2) is 4.88. The molecular weight excluding hydrogens is 264 g/mol. The van der Waals surface area contributed by atoms with E-state index in [2.05, 4.69) is 0 Å². The monoisotopic (exact) mass is 277 g/mol. The molecule has 1 aromatic heterocycles. The van der Waals surface area contributed by atoms with Gasteiger partial charge in [0.15, 0.2) is 9.58 Å². The van der Waals surface area contributed by atoms with Crippen molar-refractivity contribution in [1.29, 1.82) is 0 Å². The van der Waals surface area contributed by atoms with E-state index in [1.165, 1.54) is 12.1 Å². The summed E-state index contributed by atoms with van der Waals surface area (Å²) in [5, 5.41) is 0.503. The Morgan fingerprint density at radius 2 is 1.89 bits per heavy atom. The van der Waals surface area contributed by atoms with Gasteiger partial charge in [-0.2, -0.15) is 0 Å². The molecule has 0 aliphatic carbocycles. The Hall–Kier alpha value is -1.10. The standard InChI is InChI=1S/C13H13F4S/c1-2-3-4-11-7-9-5-6-10(14)8-12(9)18(11)13(15,16)17/h5-8H,2-4H2,1H3/q+1. The Balaban J connectivity index is 2.62. The summed E-state index contributed by atoms with van der Waals surface area (Å²) < 4.78 is 52.5. The Labute approximate surface area is 105 Å². The molecule has 98 valence electrons. The molecule has 5 heteroatoms. The molecule has 0 nitrogen and oxygen atoms in total. The number of hydrogen-bond donors (Lipinski definition) is 0. The van der Waals surface area contributed by atoms with Gasteiger partial charge in [0.05, 0.1) is 10.5 Å². The summed E-state index contributed by atoms with van der Waals surface area (Å²) in [6.07, 6.45) is 1.99. The SMILES string of the molecule is CCCCc1cc2ccc(F)cc2[s+]1C(F)(F)F. The van der Waals surface area contributed by atoms with Gasteiger partial charge < -0.3 is 0 Å². The average Bonchev–Trinajstić information content (AvgIpc) is 2.63. The minimum atomic E-state index is -4.32. The highest BCUT2D eigenvalue weighted by Gasteiger charge is 2.47. The first kappa shape index (κ1) is 13.3. The van der Waals surface area contributed by atoms with Crippen molar-refractivity contribution in [2.75, 3.05) is 0 Å². The van der Waals surface area contributed by atoms with Crippen LogP contribution in [0.4, 0.5) is 17.6 Å². The predicted octanol–water partition coefficient (Wildman–Crippen LogP) is 5.55.